The van der Waals surface area contributed by atoms with Crippen LogP contribution >= 0.6 is 15.9 Å². The molecule has 0 fully saturated rings. The van der Waals surface area contributed by atoms with Crippen molar-refractivity contribution in [3.8, 4) is 0 Å². The number of aryl methyl sites for hydroxylation is 2. The van der Waals surface area contributed by atoms with Crippen molar-refractivity contribution in [2.75, 3.05) is 7.05 Å². The molecule has 0 atom stereocenters. The molecule has 0 aliphatic carbocycles. The molecule has 0 saturated carbocycles. The zero-order valence-corrected chi connectivity index (χ0v) is 12.8. The van der Waals surface area contributed by atoms with Gasteiger partial charge in [0.15, 0.2) is 0 Å². The third-order valence-electron chi connectivity index (χ3n) is 2.88. The highest BCUT2D eigenvalue weighted by atomic mass is 79.9. The number of carbonyl (C=O) groups excluding carboxylic acids is 1. The summed E-state index contributed by atoms with van der Waals surface area (Å²) < 4.78 is 4.32. The van der Waals surface area contributed by atoms with Crippen LogP contribution in [-0.4, -0.2) is 37.4 Å². The van der Waals surface area contributed by atoms with Crippen LogP contribution in [-0.2, 0) is 20.1 Å². The SMILES string of the molecule is CCn1cc(Br)c(CN(C)C(=O)c2ccnn2C)n1. The standard InChI is InChI=1S/C12H16BrN5O/c1-4-18-7-9(13)10(15-18)8-16(2)12(19)11-5-6-14-17(11)3/h5-7H,4,8H2,1-3H3. The third kappa shape index (κ3) is 2.86. The van der Waals surface area contributed by atoms with Crippen molar-refractivity contribution in [3.05, 3.63) is 34.3 Å². The minimum absolute atomic E-state index is 0.0713. The van der Waals surface area contributed by atoms with Gasteiger partial charge in [0, 0.05) is 33.0 Å². The molecule has 0 saturated heterocycles. The maximum absolute atomic E-state index is 12.2. The molecule has 102 valence electrons. The van der Waals surface area contributed by atoms with Gasteiger partial charge in [-0.05, 0) is 28.9 Å². The van der Waals surface area contributed by atoms with Gasteiger partial charge in [-0.1, -0.05) is 0 Å². The highest BCUT2D eigenvalue weighted by Gasteiger charge is 2.17. The molecule has 2 aromatic heterocycles. The third-order valence-corrected chi connectivity index (χ3v) is 3.55. The summed E-state index contributed by atoms with van der Waals surface area (Å²) in [7, 11) is 3.51. The first-order chi connectivity index (χ1) is 9.02. The summed E-state index contributed by atoms with van der Waals surface area (Å²) in [6, 6.07) is 1.71. The molecule has 0 bridgehead atoms. The van der Waals surface area contributed by atoms with Gasteiger partial charge in [-0.15, -0.1) is 0 Å². The van der Waals surface area contributed by atoms with Crippen molar-refractivity contribution < 1.29 is 4.79 Å². The monoisotopic (exact) mass is 325 g/mol. The van der Waals surface area contributed by atoms with E-state index in [0.717, 1.165) is 16.7 Å². The lowest BCUT2D eigenvalue weighted by atomic mass is 10.3. The van der Waals surface area contributed by atoms with E-state index < -0.39 is 0 Å². The Balaban J connectivity index is 2.12. The van der Waals surface area contributed by atoms with Crippen molar-refractivity contribution in [3.63, 3.8) is 0 Å². The summed E-state index contributed by atoms with van der Waals surface area (Å²) in [5.74, 6) is -0.0713. The summed E-state index contributed by atoms with van der Waals surface area (Å²) >= 11 is 3.46. The number of rotatable bonds is 4. The molecule has 2 aromatic rings. The molecule has 0 aliphatic heterocycles. The van der Waals surface area contributed by atoms with Gasteiger partial charge >= 0.3 is 0 Å². The zero-order valence-electron chi connectivity index (χ0n) is 11.2. The minimum atomic E-state index is -0.0713. The molecule has 7 heteroatoms. The van der Waals surface area contributed by atoms with E-state index in [9.17, 15) is 4.79 Å². The van der Waals surface area contributed by atoms with Crippen LogP contribution in [0.1, 0.15) is 23.1 Å². The second-order valence-electron chi connectivity index (χ2n) is 4.28. The summed E-state index contributed by atoms with van der Waals surface area (Å²) in [4.78, 5) is 13.9. The highest BCUT2D eigenvalue weighted by molar-refractivity contribution is 9.10. The van der Waals surface area contributed by atoms with E-state index in [1.165, 1.54) is 0 Å². The number of amides is 1. The second kappa shape index (κ2) is 5.56. The van der Waals surface area contributed by atoms with E-state index in [-0.39, 0.29) is 5.91 Å². The Morgan fingerprint density at radius 1 is 1.53 bits per heavy atom. The Hall–Kier alpha value is -1.63. The van der Waals surface area contributed by atoms with Crippen LogP contribution in [0.4, 0.5) is 0 Å². The quantitative estimate of drug-likeness (QED) is 0.859. The summed E-state index contributed by atoms with van der Waals surface area (Å²) in [6.07, 6.45) is 3.53. The van der Waals surface area contributed by atoms with E-state index in [1.54, 1.807) is 35.9 Å². The van der Waals surface area contributed by atoms with E-state index in [0.29, 0.717) is 12.2 Å². The molecule has 2 rings (SSSR count). The first-order valence-electron chi connectivity index (χ1n) is 5.98. The second-order valence-corrected chi connectivity index (χ2v) is 5.14. The number of nitrogens with zero attached hydrogens (tertiary/aromatic N) is 5. The van der Waals surface area contributed by atoms with Crippen LogP contribution in [0.2, 0.25) is 0 Å². The summed E-state index contributed by atoms with van der Waals surface area (Å²) in [5, 5.41) is 8.41. The molecular weight excluding hydrogens is 310 g/mol. The van der Waals surface area contributed by atoms with Gasteiger partial charge in [0.25, 0.3) is 5.91 Å². The Kier molecular flexibility index (Phi) is 4.04. The van der Waals surface area contributed by atoms with E-state index >= 15 is 0 Å². The maximum atomic E-state index is 12.2. The average molecular weight is 326 g/mol. The van der Waals surface area contributed by atoms with Crippen LogP contribution in [0.15, 0.2) is 22.9 Å². The van der Waals surface area contributed by atoms with E-state index in [2.05, 4.69) is 26.1 Å². The molecule has 19 heavy (non-hydrogen) atoms. The number of hydrogen-bond acceptors (Lipinski definition) is 3. The fraction of sp³-hybridized carbons (Fsp3) is 0.417. The largest absolute Gasteiger partial charge is 0.334 e. The Morgan fingerprint density at radius 2 is 2.26 bits per heavy atom. The Morgan fingerprint density at radius 3 is 2.79 bits per heavy atom. The maximum Gasteiger partial charge on any atom is 0.272 e. The molecule has 0 unspecified atom stereocenters. The van der Waals surface area contributed by atoms with Crippen LogP contribution < -0.4 is 0 Å². The fourth-order valence-corrected chi connectivity index (χ4v) is 2.22. The van der Waals surface area contributed by atoms with Gasteiger partial charge in [0.1, 0.15) is 5.69 Å². The van der Waals surface area contributed by atoms with Crippen molar-refractivity contribution >= 4 is 21.8 Å². The Labute approximate surface area is 120 Å². The lowest BCUT2D eigenvalue weighted by Crippen LogP contribution is -2.28. The predicted octanol–water partition coefficient (Wildman–Crippen LogP) is 1.67. The van der Waals surface area contributed by atoms with Crippen molar-refractivity contribution in [1.82, 2.24) is 24.5 Å². The lowest BCUT2D eigenvalue weighted by Gasteiger charge is -2.16. The van der Waals surface area contributed by atoms with Crippen LogP contribution in [0.5, 0.6) is 0 Å². The van der Waals surface area contributed by atoms with E-state index in [4.69, 9.17) is 0 Å². The van der Waals surface area contributed by atoms with Crippen LogP contribution in [0.3, 0.4) is 0 Å². The number of halogens is 1. The Bertz CT molecular complexity index is 589. The molecule has 0 aliphatic rings. The molecule has 0 aromatic carbocycles. The first-order valence-corrected chi connectivity index (χ1v) is 6.77. The smallest absolute Gasteiger partial charge is 0.272 e. The van der Waals surface area contributed by atoms with Gasteiger partial charge in [0.2, 0.25) is 0 Å². The molecule has 0 spiro atoms. The van der Waals surface area contributed by atoms with Gasteiger partial charge in [0.05, 0.1) is 16.7 Å². The zero-order chi connectivity index (χ0) is 14.0. The molecule has 0 N–H and O–H groups in total. The molecular formula is C12H16BrN5O. The summed E-state index contributed by atoms with van der Waals surface area (Å²) in [5.41, 5.74) is 1.41. The van der Waals surface area contributed by atoms with Crippen LogP contribution in [0, 0.1) is 0 Å². The van der Waals surface area contributed by atoms with Crippen molar-refractivity contribution in [2.24, 2.45) is 7.05 Å². The predicted molar refractivity (Wildman–Crippen MR) is 74.6 cm³/mol. The average Bonchev–Trinajstić information content (AvgIpc) is 2.95. The summed E-state index contributed by atoms with van der Waals surface area (Å²) in [6.45, 7) is 3.28. The number of aromatic nitrogens is 4. The number of carbonyl (C=O) groups is 1. The lowest BCUT2D eigenvalue weighted by molar-refractivity contribution is 0.0772. The normalized spacial score (nSPS) is 10.7. The minimum Gasteiger partial charge on any atom is -0.334 e. The van der Waals surface area contributed by atoms with Gasteiger partial charge in [-0.25, -0.2) is 0 Å². The molecule has 6 nitrogen and oxygen atoms in total. The molecule has 1 amide bonds. The topological polar surface area (TPSA) is 56.0 Å². The van der Waals surface area contributed by atoms with Crippen LogP contribution in [0.25, 0.3) is 0 Å². The van der Waals surface area contributed by atoms with Gasteiger partial charge < -0.3 is 4.90 Å². The van der Waals surface area contributed by atoms with Gasteiger partial charge in [-0.2, -0.15) is 10.2 Å². The number of hydrogen-bond donors (Lipinski definition) is 0. The highest BCUT2D eigenvalue weighted by Crippen LogP contribution is 2.17. The van der Waals surface area contributed by atoms with Crippen molar-refractivity contribution in [2.45, 2.75) is 20.0 Å². The fourth-order valence-electron chi connectivity index (χ4n) is 1.78. The van der Waals surface area contributed by atoms with Gasteiger partial charge in [-0.3, -0.25) is 14.2 Å². The van der Waals surface area contributed by atoms with E-state index in [1.807, 2.05) is 17.8 Å². The molecule has 0 radical (unpaired) electrons. The first kappa shape index (κ1) is 13.8. The van der Waals surface area contributed by atoms with Crippen molar-refractivity contribution in [1.29, 1.82) is 0 Å². The molecule has 2 heterocycles.